The number of rotatable bonds is 8. The van der Waals surface area contributed by atoms with Gasteiger partial charge in [-0.05, 0) is 50.2 Å². The Bertz CT molecular complexity index is 575. The molecule has 0 radical (unpaired) electrons. The molecule has 122 valence electrons. The Kier molecular flexibility index (Phi) is 8.49. The number of benzene rings is 1. The van der Waals surface area contributed by atoms with E-state index in [0.717, 1.165) is 37.5 Å². The van der Waals surface area contributed by atoms with Crippen LogP contribution in [0.2, 0.25) is 5.02 Å². The summed E-state index contributed by atoms with van der Waals surface area (Å²) < 4.78 is 24.1. The minimum atomic E-state index is -0.428. The lowest BCUT2D eigenvalue weighted by Crippen LogP contribution is -3.00. The molecule has 0 spiro atoms. The van der Waals surface area contributed by atoms with Crippen LogP contribution >= 0.6 is 11.6 Å². The smallest absolute Gasteiger partial charge is 0.141 e. The maximum Gasteiger partial charge on any atom is 0.141 e. The van der Waals surface area contributed by atoms with Crippen molar-refractivity contribution >= 4 is 11.6 Å². The fourth-order valence-electron chi connectivity index (χ4n) is 1.93. The van der Waals surface area contributed by atoms with Gasteiger partial charge in [0.1, 0.15) is 17.3 Å². The van der Waals surface area contributed by atoms with Gasteiger partial charge in [0.05, 0.1) is 11.6 Å². The molecule has 22 heavy (non-hydrogen) atoms. The first-order valence-corrected chi connectivity index (χ1v) is 7.41. The Labute approximate surface area is 141 Å². The van der Waals surface area contributed by atoms with E-state index < -0.39 is 5.82 Å². The quantitative estimate of drug-likeness (QED) is 0.730. The summed E-state index contributed by atoms with van der Waals surface area (Å²) >= 11 is 5.77. The van der Waals surface area contributed by atoms with Gasteiger partial charge in [-0.1, -0.05) is 11.6 Å². The van der Waals surface area contributed by atoms with Gasteiger partial charge >= 0.3 is 0 Å². The summed E-state index contributed by atoms with van der Waals surface area (Å²) in [5.41, 5.74) is 0.768. The molecule has 3 nitrogen and oxygen atoms in total. The van der Waals surface area contributed by atoms with Gasteiger partial charge < -0.3 is 26.9 Å². The van der Waals surface area contributed by atoms with Gasteiger partial charge in [-0.25, -0.2) is 4.39 Å². The highest BCUT2D eigenvalue weighted by molar-refractivity contribution is 6.31. The highest BCUT2D eigenvalue weighted by Gasteiger charge is 2.07. The standard InChI is InChI=1S/C16H19ClFNO2.ClH/c1-2-20-9-3-8-19-11-13-5-7-16(21-13)12-4-6-15(18)14(17)10-12;/h4-7,10,19H,2-3,8-9,11H2,1H3;1H/p-1. The van der Waals surface area contributed by atoms with Crippen molar-refractivity contribution in [2.24, 2.45) is 0 Å². The summed E-state index contributed by atoms with van der Waals surface area (Å²) in [6.45, 7) is 5.03. The van der Waals surface area contributed by atoms with E-state index in [2.05, 4.69) is 5.32 Å². The van der Waals surface area contributed by atoms with Gasteiger partial charge in [0.25, 0.3) is 0 Å². The van der Waals surface area contributed by atoms with E-state index in [1.54, 1.807) is 12.1 Å². The molecule has 2 rings (SSSR count). The molecule has 0 amide bonds. The third-order valence-corrected chi connectivity index (χ3v) is 3.30. The van der Waals surface area contributed by atoms with Gasteiger partial charge in [0.15, 0.2) is 0 Å². The number of furan rings is 1. The maximum absolute atomic E-state index is 13.1. The van der Waals surface area contributed by atoms with Crippen LogP contribution in [0.1, 0.15) is 19.1 Å². The van der Waals surface area contributed by atoms with Crippen molar-refractivity contribution < 1.29 is 26.0 Å². The van der Waals surface area contributed by atoms with E-state index in [4.69, 9.17) is 20.8 Å². The minimum absolute atomic E-state index is 0. The number of hydrogen-bond donors (Lipinski definition) is 1. The van der Waals surface area contributed by atoms with Crippen molar-refractivity contribution in [3.05, 3.63) is 46.9 Å². The topological polar surface area (TPSA) is 34.4 Å². The summed E-state index contributed by atoms with van der Waals surface area (Å²) in [4.78, 5) is 0. The van der Waals surface area contributed by atoms with Gasteiger partial charge in [0.2, 0.25) is 0 Å². The first-order valence-electron chi connectivity index (χ1n) is 7.03. The van der Waals surface area contributed by atoms with Crippen molar-refractivity contribution in [3.8, 4) is 11.3 Å². The SMILES string of the molecule is CCOCCCNCc1ccc(-c2ccc(F)c(Cl)c2)o1.[Cl-]. The molecule has 0 aliphatic rings. The monoisotopic (exact) mass is 346 g/mol. The summed E-state index contributed by atoms with van der Waals surface area (Å²) in [6.07, 6.45) is 0.967. The van der Waals surface area contributed by atoms with Gasteiger partial charge in [0, 0.05) is 18.8 Å². The van der Waals surface area contributed by atoms with E-state index >= 15 is 0 Å². The van der Waals surface area contributed by atoms with Crippen LogP contribution in [0.4, 0.5) is 4.39 Å². The fraction of sp³-hybridized carbons (Fsp3) is 0.375. The fourth-order valence-corrected chi connectivity index (χ4v) is 2.11. The highest BCUT2D eigenvalue weighted by Crippen LogP contribution is 2.26. The Morgan fingerprint density at radius 2 is 2.09 bits per heavy atom. The van der Waals surface area contributed by atoms with Crippen LogP contribution in [0.5, 0.6) is 0 Å². The first-order chi connectivity index (χ1) is 10.2. The minimum Gasteiger partial charge on any atom is -1.00 e. The molecule has 0 saturated heterocycles. The summed E-state index contributed by atoms with van der Waals surface area (Å²) in [7, 11) is 0. The molecule has 0 atom stereocenters. The molecule has 1 aromatic carbocycles. The van der Waals surface area contributed by atoms with Crippen LogP contribution < -0.4 is 17.7 Å². The number of halogens is 3. The average Bonchev–Trinajstić information content (AvgIpc) is 2.94. The number of ether oxygens (including phenoxy) is 1. The van der Waals surface area contributed by atoms with Crippen LogP contribution in [0.25, 0.3) is 11.3 Å². The zero-order chi connectivity index (χ0) is 15.1. The van der Waals surface area contributed by atoms with Gasteiger partial charge in [-0.3, -0.25) is 0 Å². The Hall–Kier alpha value is -1.07. The Morgan fingerprint density at radius 3 is 2.82 bits per heavy atom. The molecule has 1 N–H and O–H groups in total. The predicted octanol–water partition coefficient (Wildman–Crippen LogP) is 1.26. The van der Waals surface area contributed by atoms with Crippen LogP contribution in [-0.2, 0) is 11.3 Å². The predicted molar refractivity (Wildman–Crippen MR) is 81.9 cm³/mol. The Balaban J connectivity index is 0.00000242. The highest BCUT2D eigenvalue weighted by atomic mass is 35.5. The lowest BCUT2D eigenvalue weighted by Gasteiger charge is -2.03. The second-order valence-corrected chi connectivity index (χ2v) is 5.03. The lowest BCUT2D eigenvalue weighted by molar-refractivity contribution is -0.00000623. The molecule has 0 saturated carbocycles. The van der Waals surface area contributed by atoms with E-state index in [0.29, 0.717) is 12.3 Å². The van der Waals surface area contributed by atoms with Crippen molar-refractivity contribution in [2.45, 2.75) is 19.9 Å². The molecule has 0 aliphatic heterocycles. The molecule has 1 heterocycles. The third-order valence-electron chi connectivity index (χ3n) is 3.01. The Morgan fingerprint density at radius 1 is 1.27 bits per heavy atom. The normalized spacial score (nSPS) is 10.5. The molecular formula is C16H19Cl2FNO2-. The zero-order valence-corrected chi connectivity index (χ0v) is 13.9. The van der Waals surface area contributed by atoms with Crippen molar-refractivity contribution in [2.75, 3.05) is 19.8 Å². The second-order valence-electron chi connectivity index (χ2n) is 4.62. The lowest BCUT2D eigenvalue weighted by atomic mass is 10.2. The van der Waals surface area contributed by atoms with E-state index in [-0.39, 0.29) is 17.4 Å². The molecule has 2 aromatic rings. The summed E-state index contributed by atoms with van der Waals surface area (Å²) in [6, 6.07) is 8.32. The van der Waals surface area contributed by atoms with Crippen LogP contribution in [0.3, 0.4) is 0 Å². The molecule has 6 heteroatoms. The largest absolute Gasteiger partial charge is 1.00 e. The number of hydrogen-bond acceptors (Lipinski definition) is 3. The summed E-state index contributed by atoms with van der Waals surface area (Å²) in [5.74, 6) is 1.09. The van der Waals surface area contributed by atoms with Crippen molar-refractivity contribution in [1.29, 1.82) is 0 Å². The van der Waals surface area contributed by atoms with Crippen molar-refractivity contribution in [1.82, 2.24) is 5.32 Å². The molecular weight excluding hydrogens is 328 g/mol. The molecule has 0 aliphatic carbocycles. The van der Waals surface area contributed by atoms with Gasteiger partial charge in [-0.15, -0.1) is 0 Å². The number of nitrogens with one attached hydrogen (secondary N) is 1. The van der Waals surface area contributed by atoms with Crippen LogP contribution in [0, 0.1) is 5.82 Å². The molecule has 0 fully saturated rings. The third kappa shape index (κ3) is 5.61. The first kappa shape index (κ1) is 19.0. The van der Waals surface area contributed by atoms with Gasteiger partial charge in [-0.2, -0.15) is 0 Å². The molecule has 0 unspecified atom stereocenters. The maximum atomic E-state index is 13.1. The average molecular weight is 347 g/mol. The summed E-state index contributed by atoms with van der Waals surface area (Å²) in [5, 5.41) is 3.38. The van der Waals surface area contributed by atoms with E-state index in [9.17, 15) is 4.39 Å². The van der Waals surface area contributed by atoms with Crippen LogP contribution in [0.15, 0.2) is 34.7 Å². The zero-order valence-electron chi connectivity index (χ0n) is 12.4. The molecule has 1 aromatic heterocycles. The molecule has 0 bridgehead atoms. The van der Waals surface area contributed by atoms with E-state index in [1.165, 1.54) is 6.07 Å². The van der Waals surface area contributed by atoms with Crippen molar-refractivity contribution in [3.63, 3.8) is 0 Å². The second kappa shape index (κ2) is 9.85. The van der Waals surface area contributed by atoms with Crippen LogP contribution in [-0.4, -0.2) is 19.8 Å². The van der Waals surface area contributed by atoms with E-state index in [1.807, 2.05) is 19.1 Å².